The number of hydrogen-bond donors (Lipinski definition) is 1. The number of carboxylic acids is 1. The topological polar surface area (TPSA) is 80.7 Å². The zero-order valence-corrected chi connectivity index (χ0v) is 16.3. The van der Waals surface area contributed by atoms with Gasteiger partial charge in [-0.05, 0) is 23.3 Å². The van der Waals surface area contributed by atoms with Crippen molar-refractivity contribution >= 4 is 25.7 Å². The van der Waals surface area contributed by atoms with E-state index in [0.717, 1.165) is 17.2 Å². The van der Waals surface area contributed by atoms with E-state index in [4.69, 9.17) is 15.4 Å². The van der Waals surface area contributed by atoms with Crippen LogP contribution < -0.4 is 4.74 Å². The summed E-state index contributed by atoms with van der Waals surface area (Å²) in [6, 6.07) is 20.9. The fourth-order valence-corrected chi connectivity index (χ4v) is 3.95. The maximum atomic E-state index is 12.2. The quantitative estimate of drug-likeness (QED) is 0.574. The van der Waals surface area contributed by atoms with Crippen LogP contribution >= 0.6 is 10.7 Å². The van der Waals surface area contributed by atoms with E-state index in [0.29, 0.717) is 5.56 Å². The lowest BCUT2D eigenvalue weighted by Gasteiger charge is -2.16. The zero-order chi connectivity index (χ0) is 20.1. The van der Waals surface area contributed by atoms with E-state index >= 15 is 0 Å². The van der Waals surface area contributed by atoms with Gasteiger partial charge in [0.1, 0.15) is 12.4 Å². The molecule has 3 aromatic rings. The first kappa shape index (κ1) is 19.9. The standard InChI is InChI=1S/C21H17ClO5S/c22-28(25,26)20-13-17(21(23)24)12-19(27-14-16-9-5-2-6-10-16)18(20)11-15-7-3-1-4-8-15/h1-10,12-13H,11,14H2,(H,23,24). The van der Waals surface area contributed by atoms with E-state index < -0.39 is 15.0 Å². The first-order valence-corrected chi connectivity index (χ1v) is 10.7. The second-order valence-electron chi connectivity index (χ2n) is 6.13. The average Bonchev–Trinajstić information content (AvgIpc) is 2.67. The van der Waals surface area contributed by atoms with E-state index in [2.05, 4.69) is 0 Å². The number of ether oxygens (including phenoxy) is 1. The molecule has 0 unspecified atom stereocenters. The van der Waals surface area contributed by atoms with Crippen molar-refractivity contribution in [1.29, 1.82) is 0 Å². The minimum Gasteiger partial charge on any atom is -0.489 e. The molecule has 1 N–H and O–H groups in total. The fourth-order valence-electron chi connectivity index (χ4n) is 2.80. The second kappa shape index (κ2) is 8.46. The minimum atomic E-state index is -4.19. The molecule has 144 valence electrons. The molecular formula is C21H17ClO5S. The van der Waals surface area contributed by atoms with Gasteiger partial charge in [0, 0.05) is 22.7 Å². The maximum Gasteiger partial charge on any atom is 0.335 e. The number of hydrogen-bond acceptors (Lipinski definition) is 4. The molecule has 0 atom stereocenters. The normalized spacial score (nSPS) is 11.2. The minimum absolute atomic E-state index is 0.160. The van der Waals surface area contributed by atoms with Gasteiger partial charge in [-0.1, -0.05) is 60.7 Å². The predicted molar refractivity (Wildman–Crippen MR) is 106 cm³/mol. The van der Waals surface area contributed by atoms with Crippen LogP contribution in [0.15, 0.2) is 77.7 Å². The van der Waals surface area contributed by atoms with Gasteiger partial charge in [0.05, 0.1) is 10.5 Å². The summed E-state index contributed by atoms with van der Waals surface area (Å²) in [4.78, 5) is 11.2. The molecule has 28 heavy (non-hydrogen) atoms. The summed E-state index contributed by atoms with van der Waals surface area (Å²) in [5.41, 5.74) is 1.82. The number of benzene rings is 3. The van der Waals surface area contributed by atoms with Gasteiger partial charge in [0.2, 0.25) is 0 Å². The largest absolute Gasteiger partial charge is 0.489 e. The van der Waals surface area contributed by atoms with Crippen LogP contribution in [0.4, 0.5) is 0 Å². The fraction of sp³-hybridized carbons (Fsp3) is 0.0952. The average molecular weight is 417 g/mol. The second-order valence-corrected chi connectivity index (χ2v) is 8.67. The molecule has 0 aliphatic heterocycles. The lowest BCUT2D eigenvalue weighted by molar-refractivity contribution is 0.0696. The third-order valence-electron chi connectivity index (χ3n) is 4.14. The molecule has 0 aliphatic rings. The molecule has 0 aromatic heterocycles. The highest BCUT2D eigenvalue weighted by atomic mass is 35.7. The van der Waals surface area contributed by atoms with Crippen molar-refractivity contribution in [3.63, 3.8) is 0 Å². The van der Waals surface area contributed by atoms with Crippen LogP contribution in [0, 0.1) is 0 Å². The maximum absolute atomic E-state index is 12.2. The Kier molecular flexibility index (Phi) is 6.02. The van der Waals surface area contributed by atoms with Crippen LogP contribution in [-0.2, 0) is 22.1 Å². The first-order chi connectivity index (χ1) is 13.3. The third-order valence-corrected chi connectivity index (χ3v) is 5.53. The van der Waals surface area contributed by atoms with Crippen molar-refractivity contribution in [3.05, 3.63) is 95.1 Å². The van der Waals surface area contributed by atoms with Crippen molar-refractivity contribution in [1.82, 2.24) is 0 Å². The van der Waals surface area contributed by atoms with Gasteiger partial charge in [0.15, 0.2) is 0 Å². The summed E-state index contributed by atoms with van der Waals surface area (Å²) in [7, 11) is 1.43. The predicted octanol–water partition coefficient (Wildman–Crippen LogP) is 4.48. The Morgan fingerprint density at radius 3 is 2.04 bits per heavy atom. The van der Waals surface area contributed by atoms with Crippen LogP contribution in [0.25, 0.3) is 0 Å². The van der Waals surface area contributed by atoms with Crippen molar-refractivity contribution in [2.75, 3.05) is 0 Å². The Labute approximate surface area is 167 Å². The molecule has 0 amide bonds. The van der Waals surface area contributed by atoms with Crippen molar-refractivity contribution in [2.45, 2.75) is 17.9 Å². The number of aromatic carboxylic acids is 1. The molecule has 0 saturated carbocycles. The third kappa shape index (κ3) is 4.91. The highest BCUT2D eigenvalue weighted by Gasteiger charge is 2.23. The Morgan fingerprint density at radius 2 is 1.50 bits per heavy atom. The zero-order valence-electron chi connectivity index (χ0n) is 14.7. The van der Waals surface area contributed by atoms with Gasteiger partial charge in [0.25, 0.3) is 9.05 Å². The summed E-state index contributed by atoms with van der Waals surface area (Å²) < 4.78 is 30.2. The molecule has 0 spiro atoms. The summed E-state index contributed by atoms with van der Waals surface area (Å²) >= 11 is 0. The van der Waals surface area contributed by atoms with Crippen molar-refractivity contribution in [2.24, 2.45) is 0 Å². The number of carboxylic acid groups (broad SMARTS) is 1. The van der Waals surface area contributed by atoms with E-state index in [1.165, 1.54) is 6.07 Å². The summed E-state index contributed by atoms with van der Waals surface area (Å²) in [6.45, 7) is 0.160. The molecule has 0 fully saturated rings. The van der Waals surface area contributed by atoms with Crippen molar-refractivity contribution < 1.29 is 23.1 Å². The molecule has 0 bridgehead atoms. The van der Waals surface area contributed by atoms with E-state index in [1.54, 1.807) is 0 Å². The molecule has 0 saturated heterocycles. The summed E-state index contributed by atoms with van der Waals surface area (Å²) in [5, 5.41) is 9.37. The van der Waals surface area contributed by atoms with Crippen LogP contribution in [0.5, 0.6) is 5.75 Å². The summed E-state index contributed by atoms with van der Waals surface area (Å²) in [5.74, 6) is -1.09. The van der Waals surface area contributed by atoms with E-state index in [1.807, 2.05) is 60.7 Å². The monoisotopic (exact) mass is 416 g/mol. The molecular weight excluding hydrogens is 400 g/mol. The van der Waals surface area contributed by atoms with Crippen LogP contribution in [0.2, 0.25) is 0 Å². The number of rotatable bonds is 7. The number of halogens is 1. The van der Waals surface area contributed by atoms with Crippen LogP contribution in [-0.4, -0.2) is 19.5 Å². The molecule has 0 aliphatic carbocycles. The molecule has 3 aromatic carbocycles. The van der Waals surface area contributed by atoms with Gasteiger partial charge >= 0.3 is 5.97 Å². The lowest BCUT2D eigenvalue weighted by Crippen LogP contribution is -2.08. The molecule has 0 heterocycles. The SMILES string of the molecule is O=C(O)c1cc(OCc2ccccc2)c(Cc2ccccc2)c(S(=O)(=O)Cl)c1. The van der Waals surface area contributed by atoms with Gasteiger partial charge in [-0.15, -0.1) is 0 Å². The molecule has 0 radical (unpaired) electrons. The van der Waals surface area contributed by atoms with Crippen LogP contribution in [0.1, 0.15) is 27.0 Å². The smallest absolute Gasteiger partial charge is 0.335 e. The van der Waals surface area contributed by atoms with E-state index in [-0.39, 0.29) is 29.2 Å². The Bertz CT molecular complexity index is 1080. The Balaban J connectivity index is 2.10. The molecule has 7 heteroatoms. The Morgan fingerprint density at radius 1 is 0.929 bits per heavy atom. The lowest BCUT2D eigenvalue weighted by atomic mass is 10.0. The Hall–Kier alpha value is -2.83. The van der Waals surface area contributed by atoms with Crippen LogP contribution in [0.3, 0.4) is 0 Å². The van der Waals surface area contributed by atoms with E-state index in [9.17, 15) is 18.3 Å². The van der Waals surface area contributed by atoms with Crippen molar-refractivity contribution in [3.8, 4) is 5.75 Å². The van der Waals surface area contributed by atoms with Gasteiger partial charge in [-0.25, -0.2) is 13.2 Å². The summed E-state index contributed by atoms with van der Waals surface area (Å²) in [6.07, 6.45) is 0.228. The van der Waals surface area contributed by atoms with Gasteiger partial charge < -0.3 is 9.84 Å². The number of carbonyl (C=O) groups is 1. The molecule has 3 rings (SSSR count). The highest BCUT2D eigenvalue weighted by Crippen LogP contribution is 2.33. The van der Waals surface area contributed by atoms with Gasteiger partial charge in [-0.2, -0.15) is 0 Å². The molecule has 5 nitrogen and oxygen atoms in total. The first-order valence-electron chi connectivity index (χ1n) is 8.40. The highest BCUT2D eigenvalue weighted by molar-refractivity contribution is 8.13. The van der Waals surface area contributed by atoms with Gasteiger partial charge in [-0.3, -0.25) is 0 Å².